The maximum absolute atomic E-state index is 11.1. The van der Waals surface area contributed by atoms with E-state index < -0.39 is 16.9 Å². The SMILES string of the molecule is C=Cc1ccc([N+](=O)[O-])c2c(C[C@H](N)C(=O)O)c[nH]c12. The lowest BCUT2D eigenvalue weighted by Gasteiger charge is -2.05. The zero-order chi connectivity index (χ0) is 14.9. The quantitative estimate of drug-likeness (QED) is 0.566. The average molecular weight is 275 g/mol. The van der Waals surface area contributed by atoms with Gasteiger partial charge >= 0.3 is 5.97 Å². The van der Waals surface area contributed by atoms with Gasteiger partial charge in [-0.2, -0.15) is 0 Å². The van der Waals surface area contributed by atoms with Gasteiger partial charge in [-0.1, -0.05) is 12.7 Å². The van der Waals surface area contributed by atoms with E-state index in [2.05, 4.69) is 11.6 Å². The Balaban J connectivity index is 2.64. The predicted octanol–water partition coefficient (Wildman–Crippen LogP) is 1.67. The molecule has 1 atom stereocenters. The van der Waals surface area contributed by atoms with E-state index in [-0.39, 0.29) is 12.1 Å². The second kappa shape index (κ2) is 5.14. The Morgan fingerprint density at radius 3 is 2.85 bits per heavy atom. The summed E-state index contributed by atoms with van der Waals surface area (Å²) in [5, 5.41) is 20.3. The number of aliphatic carboxylic acids is 1. The van der Waals surface area contributed by atoms with Gasteiger partial charge in [-0.15, -0.1) is 0 Å². The molecule has 0 radical (unpaired) electrons. The van der Waals surface area contributed by atoms with E-state index in [1.54, 1.807) is 18.3 Å². The van der Waals surface area contributed by atoms with E-state index in [1.807, 2.05) is 0 Å². The number of carbonyl (C=O) groups is 1. The smallest absolute Gasteiger partial charge is 0.320 e. The second-order valence-electron chi connectivity index (χ2n) is 4.35. The minimum atomic E-state index is -1.15. The molecule has 7 nitrogen and oxygen atoms in total. The first kappa shape index (κ1) is 13.8. The van der Waals surface area contributed by atoms with Gasteiger partial charge in [0.15, 0.2) is 0 Å². The number of aromatic nitrogens is 1. The van der Waals surface area contributed by atoms with Crippen LogP contribution >= 0.6 is 0 Å². The Morgan fingerprint density at radius 2 is 2.30 bits per heavy atom. The summed E-state index contributed by atoms with van der Waals surface area (Å²) in [5.41, 5.74) is 7.18. The molecule has 0 fully saturated rings. The summed E-state index contributed by atoms with van der Waals surface area (Å²) >= 11 is 0. The summed E-state index contributed by atoms with van der Waals surface area (Å²) < 4.78 is 0. The third kappa shape index (κ3) is 2.26. The molecule has 1 aromatic heterocycles. The van der Waals surface area contributed by atoms with Gasteiger partial charge in [0, 0.05) is 18.7 Å². The molecule has 2 aromatic rings. The maximum Gasteiger partial charge on any atom is 0.320 e. The Hall–Kier alpha value is -2.67. The second-order valence-corrected chi connectivity index (χ2v) is 4.35. The lowest BCUT2D eigenvalue weighted by Crippen LogP contribution is -2.32. The highest BCUT2D eigenvalue weighted by atomic mass is 16.6. The van der Waals surface area contributed by atoms with Crippen LogP contribution in [-0.2, 0) is 11.2 Å². The molecule has 104 valence electrons. The summed E-state index contributed by atoms with van der Waals surface area (Å²) in [6.45, 7) is 3.65. The van der Waals surface area contributed by atoms with Gasteiger partial charge in [-0.25, -0.2) is 0 Å². The predicted molar refractivity (Wildman–Crippen MR) is 74.4 cm³/mol. The van der Waals surface area contributed by atoms with Crippen molar-refractivity contribution in [3.05, 3.63) is 46.1 Å². The molecule has 2 rings (SSSR count). The van der Waals surface area contributed by atoms with Gasteiger partial charge in [0.2, 0.25) is 0 Å². The molecular weight excluding hydrogens is 262 g/mol. The molecule has 0 saturated carbocycles. The van der Waals surface area contributed by atoms with Gasteiger partial charge in [-0.3, -0.25) is 14.9 Å². The van der Waals surface area contributed by atoms with Crippen molar-refractivity contribution < 1.29 is 14.8 Å². The van der Waals surface area contributed by atoms with E-state index >= 15 is 0 Å². The number of carboxylic acids is 1. The molecule has 4 N–H and O–H groups in total. The van der Waals surface area contributed by atoms with E-state index in [1.165, 1.54) is 6.07 Å². The zero-order valence-corrected chi connectivity index (χ0v) is 10.5. The minimum Gasteiger partial charge on any atom is -0.480 e. The highest BCUT2D eigenvalue weighted by molar-refractivity contribution is 5.97. The number of hydrogen-bond donors (Lipinski definition) is 3. The number of non-ortho nitro benzene ring substituents is 1. The largest absolute Gasteiger partial charge is 0.480 e. The minimum absolute atomic E-state index is 0.0107. The standard InChI is InChI=1S/C13H13N3O4/c1-2-7-3-4-10(16(19)20)11-8(6-15-12(7)11)5-9(14)13(17)18/h2-4,6,9,15H,1,5,14H2,(H,17,18)/t9-/m0/s1. The van der Waals surface area contributed by atoms with Gasteiger partial charge in [0.25, 0.3) is 5.69 Å². The lowest BCUT2D eigenvalue weighted by molar-refractivity contribution is -0.383. The van der Waals surface area contributed by atoms with Crippen molar-refractivity contribution >= 4 is 28.6 Å². The number of H-pyrrole nitrogens is 1. The summed E-state index contributed by atoms with van der Waals surface area (Å²) in [6.07, 6.45) is 3.13. The first-order valence-corrected chi connectivity index (χ1v) is 5.84. The van der Waals surface area contributed by atoms with Gasteiger partial charge in [0.1, 0.15) is 6.04 Å². The summed E-state index contributed by atoms with van der Waals surface area (Å²) in [7, 11) is 0. The average Bonchev–Trinajstić information content (AvgIpc) is 2.81. The van der Waals surface area contributed by atoms with Gasteiger partial charge in [0.05, 0.1) is 15.8 Å². The van der Waals surface area contributed by atoms with Crippen molar-refractivity contribution in [3.63, 3.8) is 0 Å². The van der Waals surface area contributed by atoms with Crippen LogP contribution in [0.5, 0.6) is 0 Å². The molecule has 0 amide bonds. The Bertz CT molecular complexity index is 705. The van der Waals surface area contributed by atoms with Crippen LogP contribution in [0.15, 0.2) is 24.9 Å². The molecule has 0 unspecified atom stereocenters. The summed E-state index contributed by atoms with van der Waals surface area (Å²) in [6, 6.07) is 1.86. The number of nitro groups is 1. The highest BCUT2D eigenvalue weighted by Gasteiger charge is 2.21. The van der Waals surface area contributed by atoms with E-state index in [9.17, 15) is 14.9 Å². The topological polar surface area (TPSA) is 122 Å². The normalized spacial score (nSPS) is 12.2. The number of rotatable bonds is 5. The van der Waals surface area contributed by atoms with Crippen LogP contribution in [-0.4, -0.2) is 27.0 Å². The molecule has 0 bridgehead atoms. The van der Waals surface area contributed by atoms with E-state index in [4.69, 9.17) is 10.8 Å². The molecule has 0 aliphatic heterocycles. The summed E-state index contributed by atoms with van der Waals surface area (Å²) in [4.78, 5) is 24.3. The van der Waals surface area contributed by atoms with Crippen molar-refractivity contribution in [3.8, 4) is 0 Å². The molecule has 1 aromatic carbocycles. The van der Waals surface area contributed by atoms with Crippen LogP contribution in [0.3, 0.4) is 0 Å². The molecule has 0 saturated heterocycles. The number of nitrogens with two attached hydrogens (primary N) is 1. The number of fused-ring (bicyclic) bond motifs is 1. The Labute approximate surface area is 113 Å². The molecular formula is C13H13N3O4. The molecule has 0 aliphatic carbocycles. The third-order valence-electron chi connectivity index (χ3n) is 3.10. The number of carboxylic acid groups (broad SMARTS) is 1. The number of hydrogen-bond acceptors (Lipinski definition) is 4. The van der Waals surface area contributed by atoms with E-state index in [0.29, 0.717) is 22.0 Å². The van der Waals surface area contributed by atoms with Gasteiger partial charge in [-0.05, 0) is 17.2 Å². The fraction of sp³-hybridized carbons (Fsp3) is 0.154. The number of nitro benzene ring substituents is 1. The van der Waals surface area contributed by atoms with Crippen molar-refractivity contribution in [2.75, 3.05) is 0 Å². The fourth-order valence-corrected chi connectivity index (χ4v) is 2.13. The number of nitrogens with zero attached hydrogens (tertiary/aromatic N) is 1. The third-order valence-corrected chi connectivity index (χ3v) is 3.10. The van der Waals surface area contributed by atoms with Crippen LogP contribution < -0.4 is 5.73 Å². The van der Waals surface area contributed by atoms with Crippen molar-refractivity contribution in [1.82, 2.24) is 4.98 Å². The Morgan fingerprint density at radius 1 is 1.60 bits per heavy atom. The van der Waals surface area contributed by atoms with Crippen molar-refractivity contribution in [1.29, 1.82) is 0 Å². The molecule has 0 spiro atoms. The van der Waals surface area contributed by atoms with Crippen LogP contribution in [0, 0.1) is 10.1 Å². The zero-order valence-electron chi connectivity index (χ0n) is 10.5. The van der Waals surface area contributed by atoms with Crippen LogP contribution in [0.2, 0.25) is 0 Å². The maximum atomic E-state index is 11.1. The monoisotopic (exact) mass is 275 g/mol. The first-order valence-electron chi connectivity index (χ1n) is 5.84. The van der Waals surface area contributed by atoms with Crippen molar-refractivity contribution in [2.45, 2.75) is 12.5 Å². The lowest BCUT2D eigenvalue weighted by atomic mass is 10.0. The number of nitrogens with one attached hydrogen (secondary N) is 1. The number of benzene rings is 1. The molecule has 7 heteroatoms. The Kier molecular flexibility index (Phi) is 3.53. The highest BCUT2D eigenvalue weighted by Crippen LogP contribution is 2.32. The van der Waals surface area contributed by atoms with Crippen molar-refractivity contribution in [2.24, 2.45) is 5.73 Å². The van der Waals surface area contributed by atoms with Crippen LogP contribution in [0.4, 0.5) is 5.69 Å². The molecule has 1 heterocycles. The van der Waals surface area contributed by atoms with Crippen LogP contribution in [0.1, 0.15) is 11.1 Å². The molecule has 0 aliphatic rings. The first-order chi connectivity index (χ1) is 9.45. The van der Waals surface area contributed by atoms with Crippen LogP contribution in [0.25, 0.3) is 17.0 Å². The number of aromatic amines is 1. The summed E-state index contributed by atoms with van der Waals surface area (Å²) in [5.74, 6) is -1.15. The fourth-order valence-electron chi connectivity index (χ4n) is 2.13. The van der Waals surface area contributed by atoms with E-state index in [0.717, 1.165) is 0 Å². The van der Waals surface area contributed by atoms with Gasteiger partial charge < -0.3 is 15.8 Å². The molecule has 20 heavy (non-hydrogen) atoms.